The Morgan fingerprint density at radius 3 is 2.89 bits per heavy atom. The van der Waals surface area contributed by atoms with Gasteiger partial charge in [0.25, 0.3) is 5.91 Å². The van der Waals surface area contributed by atoms with Gasteiger partial charge < -0.3 is 10.2 Å². The minimum absolute atomic E-state index is 0.226. The number of piperidine rings is 1. The minimum Gasteiger partial charge on any atom is -0.373 e. The molecule has 0 spiro atoms. The van der Waals surface area contributed by atoms with E-state index < -0.39 is 0 Å². The van der Waals surface area contributed by atoms with Crippen LogP contribution in [0.25, 0.3) is 0 Å². The highest BCUT2D eigenvalue weighted by Crippen LogP contribution is 2.20. The Kier molecular flexibility index (Phi) is 6.27. The number of amides is 1. The SMILES string of the molecule is CCCNC(=O)/C(C#N)=C\N1CCCCC1CC. The minimum atomic E-state index is -0.250. The van der Waals surface area contributed by atoms with Crippen molar-refractivity contribution in [2.24, 2.45) is 0 Å². The Morgan fingerprint density at radius 2 is 2.28 bits per heavy atom. The van der Waals surface area contributed by atoms with Gasteiger partial charge in [0, 0.05) is 25.3 Å². The molecule has 1 rings (SSSR count). The van der Waals surface area contributed by atoms with Crippen LogP contribution in [0.1, 0.15) is 46.0 Å². The second-order valence-electron chi connectivity index (χ2n) is 4.71. The van der Waals surface area contributed by atoms with Crippen LogP contribution < -0.4 is 5.32 Å². The predicted octanol–water partition coefficient (Wildman–Crippen LogP) is 2.18. The molecule has 1 fully saturated rings. The number of carbonyl (C=O) groups excluding carboxylic acids is 1. The number of rotatable bonds is 5. The van der Waals surface area contributed by atoms with Crippen molar-refractivity contribution in [3.05, 3.63) is 11.8 Å². The molecule has 0 aromatic rings. The summed E-state index contributed by atoms with van der Waals surface area (Å²) < 4.78 is 0. The fraction of sp³-hybridized carbons (Fsp3) is 0.714. The third-order valence-electron chi connectivity index (χ3n) is 3.34. The number of carbonyl (C=O) groups is 1. The number of nitrogens with one attached hydrogen (secondary N) is 1. The molecule has 1 unspecified atom stereocenters. The predicted molar refractivity (Wildman–Crippen MR) is 71.6 cm³/mol. The standard InChI is InChI=1S/C14H23N3O/c1-3-8-16-14(18)12(10-15)11-17-9-6-5-7-13(17)4-2/h11,13H,3-9H2,1-2H3,(H,16,18)/b12-11-. The molecule has 1 atom stereocenters. The fourth-order valence-electron chi connectivity index (χ4n) is 2.27. The normalized spacial score (nSPS) is 20.4. The number of hydrogen-bond acceptors (Lipinski definition) is 3. The van der Waals surface area contributed by atoms with Crippen LogP contribution in [0, 0.1) is 11.3 Å². The van der Waals surface area contributed by atoms with E-state index in [2.05, 4.69) is 17.1 Å². The Labute approximate surface area is 110 Å². The van der Waals surface area contributed by atoms with Crippen molar-refractivity contribution in [1.29, 1.82) is 5.26 Å². The molecule has 0 aromatic carbocycles. The molecular formula is C14H23N3O. The summed E-state index contributed by atoms with van der Waals surface area (Å²) in [6.07, 6.45) is 7.23. The first-order valence-electron chi connectivity index (χ1n) is 6.88. The lowest BCUT2D eigenvalue weighted by atomic mass is 10.0. The summed E-state index contributed by atoms with van der Waals surface area (Å²) in [5.74, 6) is -0.250. The first-order valence-corrected chi connectivity index (χ1v) is 6.88. The monoisotopic (exact) mass is 249 g/mol. The summed E-state index contributed by atoms with van der Waals surface area (Å²) in [6, 6.07) is 2.48. The maximum absolute atomic E-state index is 11.8. The van der Waals surface area contributed by atoms with Gasteiger partial charge in [0.15, 0.2) is 0 Å². The average molecular weight is 249 g/mol. The number of nitrogens with zero attached hydrogens (tertiary/aromatic N) is 2. The molecule has 1 saturated heterocycles. The van der Waals surface area contributed by atoms with Crippen LogP contribution in [0.15, 0.2) is 11.8 Å². The van der Waals surface area contributed by atoms with Gasteiger partial charge in [-0.3, -0.25) is 4.79 Å². The molecule has 1 aliphatic heterocycles. The highest BCUT2D eigenvalue weighted by atomic mass is 16.1. The molecule has 100 valence electrons. The zero-order valence-electron chi connectivity index (χ0n) is 11.4. The maximum atomic E-state index is 11.8. The molecule has 1 N–H and O–H groups in total. The summed E-state index contributed by atoms with van der Waals surface area (Å²) in [7, 11) is 0. The summed E-state index contributed by atoms with van der Waals surface area (Å²) in [5, 5.41) is 11.8. The van der Waals surface area contributed by atoms with Gasteiger partial charge in [-0.25, -0.2) is 0 Å². The van der Waals surface area contributed by atoms with E-state index in [1.54, 1.807) is 6.20 Å². The summed E-state index contributed by atoms with van der Waals surface area (Å²) in [6.45, 7) is 5.72. The van der Waals surface area contributed by atoms with Crippen molar-refractivity contribution in [1.82, 2.24) is 10.2 Å². The molecule has 1 aliphatic rings. The third-order valence-corrected chi connectivity index (χ3v) is 3.34. The lowest BCUT2D eigenvalue weighted by Gasteiger charge is -2.34. The van der Waals surface area contributed by atoms with Crippen molar-refractivity contribution < 1.29 is 4.79 Å². The van der Waals surface area contributed by atoms with E-state index in [-0.39, 0.29) is 11.5 Å². The van der Waals surface area contributed by atoms with E-state index in [9.17, 15) is 4.79 Å². The molecule has 18 heavy (non-hydrogen) atoms. The van der Waals surface area contributed by atoms with E-state index in [1.165, 1.54) is 6.42 Å². The van der Waals surface area contributed by atoms with Crippen LogP contribution in [-0.4, -0.2) is 29.9 Å². The Hall–Kier alpha value is -1.50. The van der Waals surface area contributed by atoms with Crippen molar-refractivity contribution >= 4 is 5.91 Å². The van der Waals surface area contributed by atoms with Gasteiger partial charge in [-0.15, -0.1) is 0 Å². The fourth-order valence-corrected chi connectivity index (χ4v) is 2.27. The molecule has 1 heterocycles. The quantitative estimate of drug-likeness (QED) is 0.600. The highest BCUT2D eigenvalue weighted by Gasteiger charge is 2.20. The second kappa shape index (κ2) is 7.75. The van der Waals surface area contributed by atoms with E-state index in [1.807, 2.05) is 13.0 Å². The van der Waals surface area contributed by atoms with Gasteiger partial charge >= 0.3 is 0 Å². The van der Waals surface area contributed by atoms with Gasteiger partial charge in [0.2, 0.25) is 0 Å². The van der Waals surface area contributed by atoms with Gasteiger partial charge in [-0.2, -0.15) is 5.26 Å². The molecule has 0 aliphatic carbocycles. The average Bonchev–Trinajstić information content (AvgIpc) is 2.42. The van der Waals surface area contributed by atoms with E-state index in [0.29, 0.717) is 12.6 Å². The van der Waals surface area contributed by atoms with Gasteiger partial charge in [0.1, 0.15) is 11.6 Å². The Balaban J connectivity index is 2.70. The molecule has 0 aromatic heterocycles. The lowest BCUT2D eigenvalue weighted by molar-refractivity contribution is -0.117. The molecule has 1 amide bonds. The second-order valence-corrected chi connectivity index (χ2v) is 4.71. The highest BCUT2D eigenvalue weighted by molar-refractivity contribution is 5.97. The molecule has 4 nitrogen and oxygen atoms in total. The Morgan fingerprint density at radius 1 is 1.50 bits per heavy atom. The topological polar surface area (TPSA) is 56.1 Å². The molecule has 0 saturated carbocycles. The maximum Gasteiger partial charge on any atom is 0.263 e. The first-order chi connectivity index (χ1) is 8.72. The summed E-state index contributed by atoms with van der Waals surface area (Å²) >= 11 is 0. The Bertz CT molecular complexity index is 343. The van der Waals surface area contributed by atoms with Crippen LogP contribution in [0.3, 0.4) is 0 Å². The van der Waals surface area contributed by atoms with Crippen molar-refractivity contribution in [3.63, 3.8) is 0 Å². The molecule has 4 heteroatoms. The largest absolute Gasteiger partial charge is 0.373 e. The van der Waals surface area contributed by atoms with Crippen LogP contribution in [0.2, 0.25) is 0 Å². The van der Waals surface area contributed by atoms with Crippen LogP contribution >= 0.6 is 0 Å². The molecular weight excluding hydrogens is 226 g/mol. The van der Waals surface area contributed by atoms with E-state index in [0.717, 1.165) is 32.2 Å². The van der Waals surface area contributed by atoms with Crippen LogP contribution in [0.5, 0.6) is 0 Å². The first kappa shape index (κ1) is 14.6. The number of hydrogen-bond donors (Lipinski definition) is 1. The van der Waals surface area contributed by atoms with Gasteiger partial charge in [-0.05, 0) is 32.1 Å². The summed E-state index contributed by atoms with van der Waals surface area (Å²) in [4.78, 5) is 13.9. The van der Waals surface area contributed by atoms with Crippen LogP contribution in [-0.2, 0) is 4.79 Å². The third kappa shape index (κ3) is 4.06. The zero-order valence-corrected chi connectivity index (χ0v) is 11.4. The zero-order chi connectivity index (χ0) is 13.4. The van der Waals surface area contributed by atoms with E-state index >= 15 is 0 Å². The number of likely N-dealkylation sites (tertiary alicyclic amines) is 1. The molecule has 0 radical (unpaired) electrons. The van der Waals surface area contributed by atoms with E-state index in [4.69, 9.17) is 5.26 Å². The molecule has 0 bridgehead atoms. The summed E-state index contributed by atoms with van der Waals surface area (Å²) in [5.41, 5.74) is 0.226. The smallest absolute Gasteiger partial charge is 0.263 e. The van der Waals surface area contributed by atoms with Gasteiger partial charge in [-0.1, -0.05) is 13.8 Å². The van der Waals surface area contributed by atoms with Crippen molar-refractivity contribution in [2.75, 3.05) is 13.1 Å². The van der Waals surface area contributed by atoms with Gasteiger partial charge in [0.05, 0.1) is 0 Å². The lowest BCUT2D eigenvalue weighted by Crippen LogP contribution is -2.36. The van der Waals surface area contributed by atoms with Crippen LogP contribution in [0.4, 0.5) is 0 Å². The van der Waals surface area contributed by atoms with Crippen molar-refractivity contribution in [3.8, 4) is 6.07 Å². The van der Waals surface area contributed by atoms with Crippen molar-refractivity contribution in [2.45, 2.75) is 52.0 Å². The number of nitriles is 1.